The molecule has 2 fully saturated rings. The van der Waals surface area contributed by atoms with E-state index in [1.807, 2.05) is 46.8 Å². The van der Waals surface area contributed by atoms with Gasteiger partial charge in [0.25, 0.3) is 0 Å². The Balaban J connectivity index is 1.14. The van der Waals surface area contributed by atoms with Crippen LogP contribution in [0.25, 0.3) is 22.1 Å². The summed E-state index contributed by atoms with van der Waals surface area (Å²) in [6, 6.07) is 13.3. The summed E-state index contributed by atoms with van der Waals surface area (Å²) in [4.78, 5) is 32.5. The Morgan fingerprint density at radius 3 is 2.67 bits per heavy atom. The molecule has 7 rings (SSSR count). The maximum absolute atomic E-state index is 15.6. The van der Waals surface area contributed by atoms with Gasteiger partial charge < -0.3 is 19.5 Å². The highest BCUT2D eigenvalue weighted by Crippen LogP contribution is 2.43. The summed E-state index contributed by atoms with van der Waals surface area (Å²) in [6.45, 7) is 5.35. The zero-order chi connectivity index (χ0) is 29.0. The molecular weight excluding hydrogens is 533 g/mol. The Kier molecular flexibility index (Phi) is 6.33. The molecule has 0 saturated carbocycles. The lowest BCUT2D eigenvalue weighted by molar-refractivity contribution is -0.130. The van der Waals surface area contributed by atoms with Gasteiger partial charge in [-0.3, -0.25) is 4.79 Å². The van der Waals surface area contributed by atoms with E-state index in [4.69, 9.17) is 9.72 Å². The van der Waals surface area contributed by atoms with Crippen molar-refractivity contribution in [2.24, 2.45) is 7.05 Å². The Labute approximate surface area is 242 Å². The lowest BCUT2D eigenvalue weighted by atomic mass is 9.87. The fraction of sp³-hybridized carbons (Fsp3) is 0.281. The highest BCUT2D eigenvalue weighted by molar-refractivity contribution is 5.88. The number of imidazole rings is 1. The van der Waals surface area contributed by atoms with Crippen LogP contribution in [0.5, 0.6) is 11.5 Å². The van der Waals surface area contributed by atoms with E-state index >= 15 is 4.39 Å². The molecule has 2 bridgehead atoms. The van der Waals surface area contributed by atoms with E-state index in [1.54, 1.807) is 25.4 Å². The molecule has 0 aliphatic carbocycles. The predicted octanol–water partition coefficient (Wildman–Crippen LogP) is 6.32. The largest absolute Gasteiger partial charge is 0.457 e. The molecule has 212 valence electrons. The number of piperidine rings is 1. The van der Waals surface area contributed by atoms with Crippen molar-refractivity contribution >= 4 is 39.5 Å². The van der Waals surface area contributed by atoms with Gasteiger partial charge in [0.15, 0.2) is 11.6 Å². The lowest BCUT2D eigenvalue weighted by Crippen LogP contribution is -2.45. The van der Waals surface area contributed by atoms with Crippen molar-refractivity contribution in [1.29, 1.82) is 0 Å². The standard InChI is InChI=1S/C32H30FN7O2/c1-4-29(41)40-20-5-6-21(40)14-19(13-20)23-8-9-25-31(37-23)32(35-16-34-25)38-24-10-12-28(18(2)30(24)33)42-22-7-11-27-26(15-22)36-17-39(27)3/h4,7-12,15-17,19-21H,1,5-6,13-14H2,2-3H3,(H,34,35,38). The molecule has 2 aliphatic rings. The molecule has 2 unspecified atom stereocenters. The molecule has 5 aromatic rings. The summed E-state index contributed by atoms with van der Waals surface area (Å²) >= 11 is 0. The quantitative estimate of drug-likeness (QED) is 0.242. The number of hydrogen-bond acceptors (Lipinski definition) is 7. The van der Waals surface area contributed by atoms with Gasteiger partial charge in [0.2, 0.25) is 5.91 Å². The van der Waals surface area contributed by atoms with E-state index in [9.17, 15) is 4.79 Å². The molecule has 0 radical (unpaired) electrons. The number of benzene rings is 2. The molecule has 2 saturated heterocycles. The van der Waals surface area contributed by atoms with Crippen molar-refractivity contribution in [3.8, 4) is 11.5 Å². The number of hydrogen-bond donors (Lipinski definition) is 1. The number of aryl methyl sites for hydroxylation is 1. The number of carbonyl (C=O) groups excluding carboxylic acids is 1. The molecule has 0 spiro atoms. The molecule has 42 heavy (non-hydrogen) atoms. The maximum atomic E-state index is 15.6. The van der Waals surface area contributed by atoms with E-state index in [0.717, 1.165) is 42.4 Å². The molecule has 5 heterocycles. The molecule has 9 nitrogen and oxygen atoms in total. The SMILES string of the molecule is C=CC(=O)N1C2CCC1CC(c1ccc3ncnc(Nc4ccc(Oc5ccc6c(c5)ncn6C)c(C)c4F)c3n1)C2. The Bertz CT molecular complexity index is 1860. The number of ether oxygens (including phenoxy) is 1. The molecule has 2 aliphatic heterocycles. The first-order chi connectivity index (χ1) is 20.4. The van der Waals surface area contributed by atoms with Gasteiger partial charge in [0, 0.05) is 42.4 Å². The average molecular weight is 564 g/mol. The molecule has 1 N–H and O–H groups in total. The van der Waals surface area contributed by atoms with E-state index < -0.39 is 5.82 Å². The van der Waals surface area contributed by atoms with Crippen LogP contribution in [0.15, 0.2) is 67.8 Å². The number of aromatic nitrogens is 5. The molecule has 2 atom stereocenters. The van der Waals surface area contributed by atoms with Gasteiger partial charge in [-0.25, -0.2) is 24.3 Å². The Hall–Kier alpha value is -4.86. The second kappa shape index (κ2) is 10.2. The third kappa shape index (κ3) is 4.43. The minimum Gasteiger partial charge on any atom is -0.457 e. The first-order valence-corrected chi connectivity index (χ1v) is 14.1. The molecule has 1 amide bonds. The first kappa shape index (κ1) is 26.1. The van der Waals surface area contributed by atoms with Crippen LogP contribution in [0.4, 0.5) is 15.9 Å². The number of rotatable bonds is 6. The van der Waals surface area contributed by atoms with Crippen LogP contribution < -0.4 is 10.1 Å². The Morgan fingerprint density at radius 2 is 1.88 bits per heavy atom. The van der Waals surface area contributed by atoms with Crippen LogP contribution in [0, 0.1) is 12.7 Å². The van der Waals surface area contributed by atoms with Crippen LogP contribution in [0.3, 0.4) is 0 Å². The second-order valence-corrected chi connectivity index (χ2v) is 11.1. The Morgan fingerprint density at radius 1 is 1.07 bits per heavy atom. The third-order valence-electron chi connectivity index (χ3n) is 8.60. The van der Waals surface area contributed by atoms with Crippen molar-refractivity contribution in [2.45, 2.75) is 50.6 Å². The van der Waals surface area contributed by atoms with Crippen molar-refractivity contribution in [1.82, 2.24) is 29.4 Å². The number of fused-ring (bicyclic) bond motifs is 4. The normalized spacial score (nSPS) is 19.8. The number of amides is 1. The highest BCUT2D eigenvalue weighted by Gasteiger charge is 2.43. The fourth-order valence-electron chi connectivity index (χ4n) is 6.47. The summed E-state index contributed by atoms with van der Waals surface area (Å²) in [6.07, 6.45) is 8.31. The van der Waals surface area contributed by atoms with Crippen molar-refractivity contribution in [3.63, 3.8) is 0 Å². The number of nitrogens with zero attached hydrogens (tertiary/aromatic N) is 6. The minimum absolute atomic E-state index is 0.00955. The van der Waals surface area contributed by atoms with Gasteiger partial charge in [-0.05, 0) is 75.1 Å². The number of pyridine rings is 1. The third-order valence-corrected chi connectivity index (χ3v) is 8.60. The highest BCUT2D eigenvalue weighted by atomic mass is 19.1. The van der Waals surface area contributed by atoms with Crippen LogP contribution in [0.2, 0.25) is 0 Å². The van der Waals surface area contributed by atoms with Crippen molar-refractivity contribution in [2.75, 3.05) is 5.32 Å². The molecular formula is C32H30FN7O2. The van der Waals surface area contributed by atoms with Gasteiger partial charge in [-0.1, -0.05) is 6.58 Å². The van der Waals surface area contributed by atoms with E-state index in [-0.39, 0.29) is 29.6 Å². The smallest absolute Gasteiger partial charge is 0.246 e. The molecule has 3 aromatic heterocycles. The zero-order valence-electron chi connectivity index (χ0n) is 23.4. The maximum Gasteiger partial charge on any atom is 0.246 e. The predicted molar refractivity (Wildman–Crippen MR) is 158 cm³/mol. The van der Waals surface area contributed by atoms with Gasteiger partial charge in [0.1, 0.15) is 23.3 Å². The van der Waals surface area contributed by atoms with Crippen LogP contribution >= 0.6 is 0 Å². The van der Waals surface area contributed by atoms with Gasteiger partial charge in [0.05, 0.1) is 28.6 Å². The van der Waals surface area contributed by atoms with E-state index in [1.165, 1.54) is 12.4 Å². The monoisotopic (exact) mass is 563 g/mol. The zero-order valence-corrected chi connectivity index (χ0v) is 23.4. The van der Waals surface area contributed by atoms with Gasteiger partial charge in [-0.2, -0.15) is 0 Å². The summed E-state index contributed by atoms with van der Waals surface area (Å²) in [5.74, 6) is 1.21. The van der Waals surface area contributed by atoms with Crippen LogP contribution in [-0.2, 0) is 11.8 Å². The molecule has 10 heteroatoms. The summed E-state index contributed by atoms with van der Waals surface area (Å²) in [5, 5.41) is 3.14. The number of halogens is 1. The topological polar surface area (TPSA) is 98.1 Å². The molecule has 2 aromatic carbocycles. The van der Waals surface area contributed by atoms with E-state index in [0.29, 0.717) is 33.9 Å². The van der Waals surface area contributed by atoms with Crippen molar-refractivity contribution < 1.29 is 13.9 Å². The fourth-order valence-corrected chi connectivity index (χ4v) is 6.47. The second-order valence-electron chi connectivity index (χ2n) is 11.1. The summed E-state index contributed by atoms with van der Waals surface area (Å²) in [7, 11) is 1.93. The number of anilines is 2. The van der Waals surface area contributed by atoms with Crippen LogP contribution in [-0.4, -0.2) is 47.4 Å². The average Bonchev–Trinajstić information content (AvgIpc) is 3.51. The first-order valence-electron chi connectivity index (χ1n) is 14.1. The summed E-state index contributed by atoms with van der Waals surface area (Å²) < 4.78 is 23.6. The van der Waals surface area contributed by atoms with Crippen molar-refractivity contribution in [3.05, 3.63) is 84.8 Å². The summed E-state index contributed by atoms with van der Waals surface area (Å²) in [5.41, 5.74) is 4.60. The van der Waals surface area contributed by atoms with Gasteiger partial charge >= 0.3 is 0 Å². The van der Waals surface area contributed by atoms with E-state index in [2.05, 4.69) is 26.8 Å². The van der Waals surface area contributed by atoms with Crippen LogP contribution in [0.1, 0.15) is 42.9 Å². The number of nitrogens with one attached hydrogen (secondary N) is 1. The van der Waals surface area contributed by atoms with Gasteiger partial charge in [-0.15, -0.1) is 0 Å². The minimum atomic E-state index is -0.440. The number of carbonyl (C=O) groups is 1. The lowest BCUT2D eigenvalue weighted by Gasteiger charge is -2.38.